The molecule has 0 spiro atoms. The van der Waals surface area contributed by atoms with Gasteiger partial charge in [0.25, 0.3) is 5.91 Å². The van der Waals surface area contributed by atoms with Crippen LogP contribution in [0.25, 0.3) is 17.1 Å². The maximum absolute atomic E-state index is 13.0. The van der Waals surface area contributed by atoms with Crippen molar-refractivity contribution in [2.75, 3.05) is 5.32 Å². The molecule has 0 aliphatic carbocycles. The molecule has 1 N–H and O–H groups in total. The van der Waals surface area contributed by atoms with Crippen LogP contribution in [0.15, 0.2) is 66.7 Å². The van der Waals surface area contributed by atoms with E-state index < -0.39 is 0 Å². The molecule has 1 heterocycles. The molecule has 31 heavy (non-hydrogen) atoms. The van der Waals surface area contributed by atoms with E-state index in [1.54, 1.807) is 4.68 Å². The third-order valence-corrected chi connectivity index (χ3v) is 5.54. The fraction of sp³-hybridized carbons (Fsp3) is 0.192. The smallest absolute Gasteiger partial charge is 0.295 e. The van der Waals surface area contributed by atoms with Crippen molar-refractivity contribution in [2.45, 2.75) is 34.1 Å². The molecule has 0 aliphatic rings. The standard InChI is InChI=1S/C26H26N4O/c1-5-20-11-15-22(16-12-20)27-26(31)24-28-25(21-13-9-17(2)10-14-21)30(29-24)23-8-6-7-18(3)19(23)4/h6-16H,5H2,1-4H3,(H,27,31). The van der Waals surface area contributed by atoms with E-state index in [1.165, 1.54) is 5.56 Å². The van der Waals surface area contributed by atoms with Gasteiger partial charge in [-0.25, -0.2) is 9.67 Å². The van der Waals surface area contributed by atoms with Crippen molar-refractivity contribution in [3.05, 3.63) is 94.8 Å². The quantitative estimate of drug-likeness (QED) is 0.461. The molecule has 156 valence electrons. The summed E-state index contributed by atoms with van der Waals surface area (Å²) in [6, 6.07) is 22.0. The summed E-state index contributed by atoms with van der Waals surface area (Å²) in [6.45, 7) is 8.27. The summed E-state index contributed by atoms with van der Waals surface area (Å²) < 4.78 is 1.77. The second-order valence-corrected chi connectivity index (χ2v) is 7.76. The van der Waals surface area contributed by atoms with E-state index >= 15 is 0 Å². The Balaban J connectivity index is 1.76. The number of rotatable bonds is 5. The van der Waals surface area contributed by atoms with Crippen LogP contribution in [0.2, 0.25) is 0 Å². The SMILES string of the molecule is CCc1ccc(NC(=O)c2nc(-c3ccc(C)cc3)n(-c3cccc(C)c3C)n2)cc1. The van der Waals surface area contributed by atoms with E-state index in [9.17, 15) is 4.79 Å². The summed E-state index contributed by atoms with van der Waals surface area (Å²) in [4.78, 5) is 17.6. The number of nitrogens with one attached hydrogen (secondary N) is 1. The van der Waals surface area contributed by atoms with Crippen molar-refractivity contribution in [3.8, 4) is 17.1 Å². The lowest BCUT2D eigenvalue weighted by molar-refractivity contribution is 0.101. The van der Waals surface area contributed by atoms with Gasteiger partial charge in [0.2, 0.25) is 5.82 Å². The number of benzene rings is 3. The molecule has 0 fully saturated rings. The summed E-state index contributed by atoms with van der Waals surface area (Å²) in [5, 5.41) is 7.52. The van der Waals surface area contributed by atoms with Crippen LogP contribution >= 0.6 is 0 Å². The summed E-state index contributed by atoms with van der Waals surface area (Å²) >= 11 is 0. The van der Waals surface area contributed by atoms with E-state index in [-0.39, 0.29) is 11.7 Å². The molecule has 1 amide bonds. The Bertz CT molecular complexity index is 1220. The third-order valence-electron chi connectivity index (χ3n) is 5.54. The van der Waals surface area contributed by atoms with E-state index in [0.717, 1.165) is 40.0 Å². The van der Waals surface area contributed by atoms with Crippen molar-refractivity contribution in [1.29, 1.82) is 0 Å². The zero-order chi connectivity index (χ0) is 22.0. The highest BCUT2D eigenvalue weighted by atomic mass is 16.2. The molecule has 0 radical (unpaired) electrons. The van der Waals surface area contributed by atoms with Crippen LogP contribution in [0.3, 0.4) is 0 Å². The Hall–Kier alpha value is -3.73. The minimum Gasteiger partial charge on any atom is -0.319 e. The van der Waals surface area contributed by atoms with Gasteiger partial charge >= 0.3 is 0 Å². The average molecular weight is 411 g/mol. The summed E-state index contributed by atoms with van der Waals surface area (Å²) in [5.74, 6) is 0.442. The Labute approximate surface area is 182 Å². The fourth-order valence-electron chi connectivity index (χ4n) is 3.44. The highest BCUT2D eigenvalue weighted by molar-refractivity contribution is 6.01. The number of hydrogen-bond donors (Lipinski definition) is 1. The first-order chi connectivity index (χ1) is 15.0. The predicted molar refractivity (Wildman–Crippen MR) is 125 cm³/mol. The lowest BCUT2D eigenvalue weighted by atomic mass is 10.1. The van der Waals surface area contributed by atoms with Crippen LogP contribution in [-0.2, 0) is 6.42 Å². The van der Waals surface area contributed by atoms with E-state index in [4.69, 9.17) is 0 Å². The minimum atomic E-state index is -0.332. The lowest BCUT2D eigenvalue weighted by Crippen LogP contribution is -2.14. The van der Waals surface area contributed by atoms with E-state index in [2.05, 4.69) is 42.2 Å². The number of nitrogens with zero attached hydrogens (tertiary/aromatic N) is 3. The molecule has 5 nitrogen and oxygen atoms in total. The number of anilines is 1. The van der Waals surface area contributed by atoms with Crippen molar-refractivity contribution in [2.24, 2.45) is 0 Å². The highest BCUT2D eigenvalue weighted by Crippen LogP contribution is 2.25. The maximum Gasteiger partial charge on any atom is 0.295 e. The largest absolute Gasteiger partial charge is 0.319 e. The van der Waals surface area contributed by atoms with Crippen LogP contribution in [-0.4, -0.2) is 20.7 Å². The third kappa shape index (κ3) is 4.26. The van der Waals surface area contributed by atoms with Gasteiger partial charge in [-0.1, -0.05) is 61.0 Å². The van der Waals surface area contributed by atoms with Gasteiger partial charge in [-0.15, -0.1) is 5.10 Å². The van der Waals surface area contributed by atoms with Gasteiger partial charge in [-0.2, -0.15) is 0 Å². The van der Waals surface area contributed by atoms with Crippen molar-refractivity contribution in [3.63, 3.8) is 0 Å². The number of aryl methyl sites for hydroxylation is 3. The second kappa shape index (κ2) is 8.56. The van der Waals surface area contributed by atoms with Crippen molar-refractivity contribution in [1.82, 2.24) is 14.8 Å². The predicted octanol–water partition coefficient (Wildman–Crippen LogP) is 5.67. The number of aromatic nitrogens is 3. The molecule has 0 bridgehead atoms. The number of amides is 1. The lowest BCUT2D eigenvalue weighted by Gasteiger charge is -2.11. The van der Waals surface area contributed by atoms with Gasteiger partial charge in [0.15, 0.2) is 5.82 Å². The molecule has 0 saturated heterocycles. The van der Waals surface area contributed by atoms with Gasteiger partial charge in [-0.05, 0) is 62.1 Å². The number of carbonyl (C=O) groups is 1. The molecule has 1 aromatic heterocycles. The van der Waals surface area contributed by atoms with Crippen LogP contribution in [0.4, 0.5) is 5.69 Å². The number of carbonyl (C=O) groups excluding carboxylic acids is 1. The summed E-state index contributed by atoms with van der Waals surface area (Å²) in [6.07, 6.45) is 0.954. The summed E-state index contributed by atoms with van der Waals surface area (Å²) in [7, 11) is 0. The molecule has 4 rings (SSSR count). The van der Waals surface area contributed by atoms with Gasteiger partial charge < -0.3 is 5.32 Å². The van der Waals surface area contributed by atoms with Crippen molar-refractivity contribution < 1.29 is 4.79 Å². The topological polar surface area (TPSA) is 59.8 Å². The molecular formula is C26H26N4O. The normalized spacial score (nSPS) is 10.8. The monoisotopic (exact) mass is 410 g/mol. The van der Waals surface area contributed by atoms with Crippen LogP contribution in [0.1, 0.15) is 39.8 Å². The van der Waals surface area contributed by atoms with Crippen LogP contribution in [0, 0.1) is 20.8 Å². The zero-order valence-electron chi connectivity index (χ0n) is 18.3. The molecule has 4 aromatic rings. The molecule has 0 saturated carbocycles. The molecule has 3 aromatic carbocycles. The Kier molecular flexibility index (Phi) is 5.67. The number of hydrogen-bond acceptors (Lipinski definition) is 3. The van der Waals surface area contributed by atoms with Crippen molar-refractivity contribution >= 4 is 11.6 Å². The minimum absolute atomic E-state index is 0.135. The van der Waals surface area contributed by atoms with Gasteiger partial charge in [0, 0.05) is 11.3 Å². The first-order valence-electron chi connectivity index (χ1n) is 10.5. The highest BCUT2D eigenvalue weighted by Gasteiger charge is 2.20. The zero-order valence-corrected chi connectivity index (χ0v) is 18.3. The van der Waals surface area contributed by atoms with Crippen LogP contribution < -0.4 is 5.32 Å². The molecular weight excluding hydrogens is 384 g/mol. The second-order valence-electron chi connectivity index (χ2n) is 7.76. The molecule has 0 unspecified atom stereocenters. The fourth-order valence-corrected chi connectivity index (χ4v) is 3.44. The van der Waals surface area contributed by atoms with E-state index in [1.807, 2.05) is 67.6 Å². The summed E-state index contributed by atoms with van der Waals surface area (Å²) in [5.41, 5.74) is 7.18. The van der Waals surface area contributed by atoms with Gasteiger partial charge in [-0.3, -0.25) is 4.79 Å². The Morgan fingerprint density at radius 1 is 0.935 bits per heavy atom. The maximum atomic E-state index is 13.0. The Morgan fingerprint density at radius 3 is 2.32 bits per heavy atom. The molecule has 0 atom stereocenters. The molecule has 0 aliphatic heterocycles. The first kappa shape index (κ1) is 20.5. The molecule has 5 heteroatoms. The van der Waals surface area contributed by atoms with Gasteiger partial charge in [0.1, 0.15) is 0 Å². The average Bonchev–Trinajstić information content (AvgIpc) is 3.22. The van der Waals surface area contributed by atoms with Gasteiger partial charge in [0.05, 0.1) is 5.69 Å². The Morgan fingerprint density at radius 2 is 1.65 bits per heavy atom. The first-order valence-corrected chi connectivity index (χ1v) is 10.5. The van der Waals surface area contributed by atoms with Crippen LogP contribution in [0.5, 0.6) is 0 Å². The van der Waals surface area contributed by atoms with E-state index in [0.29, 0.717) is 5.82 Å².